The Morgan fingerprint density at radius 3 is 2.73 bits per heavy atom. The van der Waals surface area contributed by atoms with E-state index in [1.165, 1.54) is 16.9 Å². The highest BCUT2D eigenvalue weighted by atomic mass is 35.5. The number of fused-ring (bicyclic) bond motifs is 3. The topological polar surface area (TPSA) is 56.7 Å². The summed E-state index contributed by atoms with van der Waals surface area (Å²) in [5.74, 6) is 1.90. The molecule has 3 aromatic carbocycles. The van der Waals surface area contributed by atoms with Gasteiger partial charge in [0.15, 0.2) is 4.80 Å². The number of hydrogen-bond donors (Lipinski definition) is 0. The smallest absolute Gasteiger partial charge is 0.271 e. The summed E-state index contributed by atoms with van der Waals surface area (Å²) in [7, 11) is 1.65. The highest BCUT2D eigenvalue weighted by Crippen LogP contribution is 2.41. The zero-order valence-electron chi connectivity index (χ0n) is 21.4. The number of thiazole rings is 1. The lowest BCUT2D eigenvalue weighted by Crippen LogP contribution is -2.38. The van der Waals surface area contributed by atoms with Gasteiger partial charge in [0.2, 0.25) is 0 Å². The average molecular weight is 586 g/mol. The number of ether oxygens (including phenoxy) is 1. The number of allylic oxidation sites excluding steroid dienone is 1. The first-order valence-corrected chi connectivity index (χ1v) is 14.4. The molecule has 8 heteroatoms. The number of rotatable bonds is 4. The van der Waals surface area contributed by atoms with Crippen LogP contribution < -0.4 is 19.6 Å². The minimum Gasteiger partial charge on any atom is -0.497 e. The molecule has 0 spiro atoms. The van der Waals surface area contributed by atoms with Crippen molar-refractivity contribution in [2.45, 2.75) is 18.9 Å². The van der Waals surface area contributed by atoms with E-state index >= 15 is 0 Å². The minimum atomic E-state index is -0.281. The van der Waals surface area contributed by atoms with Crippen molar-refractivity contribution in [3.05, 3.63) is 137 Å². The van der Waals surface area contributed by atoms with Gasteiger partial charge in [0.1, 0.15) is 17.3 Å². The number of benzene rings is 3. The monoisotopic (exact) mass is 584 g/mol. The number of aromatic nitrogens is 1. The molecule has 7 rings (SSSR count). The highest BCUT2D eigenvalue weighted by molar-refractivity contribution is 7.07. The SMILES string of the molecule is COc1cccc([C@@H]2C3=C(N=c4s/c(=C/c5ccc(-c6ccc(Cl)cc6Cl)o5)c(=O)n42)c2ccccc2CC3)c1. The van der Waals surface area contributed by atoms with Crippen LogP contribution in [0.5, 0.6) is 5.75 Å². The number of methoxy groups -OCH3 is 1. The summed E-state index contributed by atoms with van der Waals surface area (Å²) in [4.78, 5) is 19.7. The fourth-order valence-corrected chi connectivity index (χ4v) is 7.01. The predicted octanol–water partition coefficient (Wildman–Crippen LogP) is 6.89. The number of nitrogens with zero attached hydrogens (tertiary/aromatic N) is 2. The number of hydrogen-bond acceptors (Lipinski definition) is 5. The Morgan fingerprint density at radius 1 is 1.00 bits per heavy atom. The minimum absolute atomic E-state index is 0.107. The molecule has 0 N–H and O–H groups in total. The summed E-state index contributed by atoms with van der Waals surface area (Å²) >= 11 is 13.8. The van der Waals surface area contributed by atoms with Crippen LogP contribution in [0.2, 0.25) is 10.0 Å². The summed E-state index contributed by atoms with van der Waals surface area (Å²) in [6, 6.07) is 25.0. The summed E-state index contributed by atoms with van der Waals surface area (Å²) in [6.07, 6.45) is 3.50. The van der Waals surface area contributed by atoms with E-state index < -0.39 is 0 Å². The van der Waals surface area contributed by atoms with E-state index in [0.29, 0.717) is 30.9 Å². The van der Waals surface area contributed by atoms with Crippen LogP contribution in [-0.2, 0) is 6.42 Å². The first-order valence-electron chi connectivity index (χ1n) is 12.8. The summed E-state index contributed by atoms with van der Waals surface area (Å²) in [6.45, 7) is 0. The molecule has 1 aliphatic heterocycles. The van der Waals surface area contributed by atoms with E-state index in [9.17, 15) is 4.79 Å². The van der Waals surface area contributed by atoms with Crippen molar-refractivity contribution in [3.8, 4) is 17.1 Å². The Bertz CT molecular complexity index is 2020. The van der Waals surface area contributed by atoms with Gasteiger partial charge >= 0.3 is 0 Å². The molecule has 0 bridgehead atoms. The summed E-state index contributed by atoms with van der Waals surface area (Å²) in [5.41, 5.74) is 6.12. The Kier molecular flexibility index (Phi) is 6.27. The van der Waals surface area contributed by atoms with Gasteiger partial charge < -0.3 is 9.15 Å². The molecule has 1 aliphatic carbocycles. The van der Waals surface area contributed by atoms with Gasteiger partial charge in [-0.25, -0.2) is 4.99 Å². The van der Waals surface area contributed by atoms with E-state index in [-0.39, 0.29) is 11.6 Å². The Labute approximate surface area is 243 Å². The largest absolute Gasteiger partial charge is 0.497 e. The van der Waals surface area contributed by atoms with Gasteiger partial charge in [-0.1, -0.05) is 70.9 Å². The molecule has 0 radical (unpaired) electrons. The lowest BCUT2D eigenvalue weighted by atomic mass is 9.83. The molecule has 2 aliphatic rings. The third kappa shape index (κ3) is 4.24. The zero-order chi connectivity index (χ0) is 27.4. The molecule has 0 saturated carbocycles. The van der Waals surface area contributed by atoms with Crippen LogP contribution in [0, 0.1) is 0 Å². The van der Waals surface area contributed by atoms with Crippen LogP contribution in [0.3, 0.4) is 0 Å². The number of aryl methyl sites for hydroxylation is 1. The Balaban J connectivity index is 1.40. The van der Waals surface area contributed by atoms with Gasteiger partial charge in [-0.2, -0.15) is 0 Å². The maximum Gasteiger partial charge on any atom is 0.271 e. The van der Waals surface area contributed by atoms with Crippen molar-refractivity contribution >= 4 is 46.3 Å². The molecule has 5 aromatic rings. The van der Waals surface area contributed by atoms with Gasteiger partial charge in [0.05, 0.1) is 28.4 Å². The molecule has 40 heavy (non-hydrogen) atoms. The van der Waals surface area contributed by atoms with Crippen molar-refractivity contribution < 1.29 is 9.15 Å². The van der Waals surface area contributed by atoms with Crippen LogP contribution in [0.4, 0.5) is 0 Å². The standard InChI is InChI=1S/C32H22Cl2N2O3S/c1-38-21-7-4-6-19(15-21)30-25-12-9-18-5-2-3-8-23(18)29(25)35-32-36(30)31(37)28(40-32)17-22-11-14-27(39-22)24-13-10-20(33)16-26(24)34/h2-8,10-11,13-17,30H,9,12H2,1H3/b28-17+/t30-/m1/s1. The Morgan fingerprint density at radius 2 is 1.88 bits per heavy atom. The predicted molar refractivity (Wildman–Crippen MR) is 160 cm³/mol. The lowest BCUT2D eigenvalue weighted by molar-refractivity contribution is 0.413. The fourth-order valence-electron chi connectivity index (χ4n) is 5.53. The Hall–Kier alpha value is -3.84. The molecule has 2 aromatic heterocycles. The molecule has 3 heterocycles. The maximum atomic E-state index is 14.0. The van der Waals surface area contributed by atoms with Crippen LogP contribution in [0.15, 0.2) is 98.6 Å². The maximum absolute atomic E-state index is 14.0. The third-order valence-corrected chi connectivity index (χ3v) is 8.91. The van der Waals surface area contributed by atoms with Crippen molar-refractivity contribution in [1.29, 1.82) is 0 Å². The quantitative estimate of drug-likeness (QED) is 0.231. The molecule has 5 nitrogen and oxygen atoms in total. The molecule has 1 atom stereocenters. The molecule has 0 fully saturated rings. The van der Waals surface area contributed by atoms with Crippen molar-refractivity contribution in [3.63, 3.8) is 0 Å². The molecule has 0 saturated heterocycles. The van der Waals surface area contributed by atoms with Gasteiger partial charge in [-0.05, 0) is 72.0 Å². The van der Waals surface area contributed by atoms with Crippen LogP contribution in [-0.4, -0.2) is 11.7 Å². The van der Waals surface area contributed by atoms with E-state index in [4.69, 9.17) is 37.3 Å². The second kappa shape index (κ2) is 9.97. The van der Waals surface area contributed by atoms with Gasteiger partial charge in [0, 0.05) is 22.2 Å². The molecule has 198 valence electrons. The van der Waals surface area contributed by atoms with Crippen molar-refractivity contribution in [2.24, 2.45) is 4.99 Å². The molecule has 0 amide bonds. The summed E-state index contributed by atoms with van der Waals surface area (Å²) in [5, 5.41) is 1.05. The van der Waals surface area contributed by atoms with Gasteiger partial charge in [0.25, 0.3) is 5.56 Å². The van der Waals surface area contributed by atoms with Crippen LogP contribution in [0.1, 0.15) is 34.9 Å². The van der Waals surface area contributed by atoms with E-state index in [1.54, 1.807) is 25.3 Å². The van der Waals surface area contributed by atoms with E-state index in [2.05, 4.69) is 24.3 Å². The second-order valence-electron chi connectivity index (χ2n) is 9.72. The number of halogens is 2. The van der Waals surface area contributed by atoms with Crippen molar-refractivity contribution in [1.82, 2.24) is 4.57 Å². The van der Waals surface area contributed by atoms with Crippen molar-refractivity contribution in [2.75, 3.05) is 7.11 Å². The number of furan rings is 1. The summed E-state index contributed by atoms with van der Waals surface area (Å²) < 4.78 is 14.0. The molecular formula is C32H22Cl2N2O3S. The van der Waals surface area contributed by atoms with E-state index in [1.807, 2.05) is 47.0 Å². The van der Waals surface area contributed by atoms with Gasteiger partial charge in [-0.3, -0.25) is 9.36 Å². The normalized spacial score (nSPS) is 16.3. The van der Waals surface area contributed by atoms with Crippen LogP contribution in [0.25, 0.3) is 23.1 Å². The first kappa shape index (κ1) is 25.1. The average Bonchev–Trinajstić information content (AvgIpc) is 3.56. The lowest BCUT2D eigenvalue weighted by Gasteiger charge is -2.31. The highest BCUT2D eigenvalue weighted by Gasteiger charge is 2.32. The first-order chi connectivity index (χ1) is 19.5. The second-order valence-corrected chi connectivity index (χ2v) is 11.6. The zero-order valence-corrected chi connectivity index (χ0v) is 23.7. The molecular weight excluding hydrogens is 563 g/mol. The fraction of sp³-hybridized carbons (Fsp3) is 0.125. The van der Waals surface area contributed by atoms with Crippen LogP contribution >= 0.6 is 34.5 Å². The molecule has 0 unspecified atom stereocenters. The van der Waals surface area contributed by atoms with E-state index in [0.717, 1.165) is 46.6 Å². The third-order valence-electron chi connectivity index (χ3n) is 7.38. The van der Waals surface area contributed by atoms with Gasteiger partial charge in [-0.15, -0.1) is 0 Å².